The summed E-state index contributed by atoms with van der Waals surface area (Å²) >= 11 is 0. The Morgan fingerprint density at radius 2 is 1.06 bits per heavy atom. The van der Waals surface area contributed by atoms with E-state index in [0.29, 0.717) is 11.8 Å². The number of aliphatic hydroxyl groups is 2. The molecule has 4 atom stereocenters. The first-order valence-electron chi connectivity index (χ1n) is 6.42. The second-order valence-electron chi connectivity index (χ2n) is 5.07. The van der Waals surface area contributed by atoms with Crippen molar-refractivity contribution in [2.75, 3.05) is 13.2 Å². The minimum Gasteiger partial charge on any atom is -0.396 e. The third kappa shape index (κ3) is 6.55. The summed E-state index contributed by atoms with van der Waals surface area (Å²) in [6.07, 6.45) is 6.85. The van der Waals surface area contributed by atoms with Crippen molar-refractivity contribution in [3.63, 3.8) is 0 Å². The molecule has 0 aliphatic heterocycles. The van der Waals surface area contributed by atoms with Gasteiger partial charge in [0.05, 0.1) is 0 Å². The highest BCUT2D eigenvalue weighted by atomic mass is 35.5. The van der Waals surface area contributed by atoms with E-state index < -0.39 is 0 Å². The fourth-order valence-corrected chi connectivity index (χ4v) is 2.58. The fourth-order valence-electron chi connectivity index (χ4n) is 2.58. The highest BCUT2D eigenvalue weighted by molar-refractivity contribution is 5.85. The molecule has 0 aromatic rings. The maximum absolute atomic E-state index is 8.66. The highest BCUT2D eigenvalue weighted by Crippen LogP contribution is 2.23. The lowest BCUT2D eigenvalue weighted by Crippen LogP contribution is -2.26. The molecule has 0 radical (unpaired) electrons. The largest absolute Gasteiger partial charge is 0.396 e. The van der Waals surface area contributed by atoms with E-state index in [4.69, 9.17) is 21.7 Å². The van der Waals surface area contributed by atoms with Gasteiger partial charge in [-0.3, -0.25) is 0 Å². The van der Waals surface area contributed by atoms with Crippen LogP contribution >= 0.6 is 24.8 Å². The molecule has 0 aromatic heterocycles. The summed E-state index contributed by atoms with van der Waals surface area (Å²) in [5, 5.41) is 17.3. The summed E-state index contributed by atoms with van der Waals surface area (Å²) in [7, 11) is 0. The molecule has 0 amide bonds. The molecule has 2 aliphatic carbocycles. The van der Waals surface area contributed by atoms with Crippen molar-refractivity contribution in [1.29, 1.82) is 0 Å². The molecule has 6 heteroatoms. The average molecular weight is 303 g/mol. The molecular formula is C12H28Cl2N2O2. The maximum Gasteiger partial charge on any atom is 0.0474 e. The third-order valence-corrected chi connectivity index (χ3v) is 3.90. The zero-order chi connectivity index (χ0) is 12.0. The molecular weight excluding hydrogens is 275 g/mol. The molecule has 0 bridgehead atoms. The topological polar surface area (TPSA) is 92.5 Å². The molecule has 2 aliphatic rings. The Morgan fingerprint density at radius 3 is 1.17 bits per heavy atom. The SMILES string of the molecule is Cl.Cl.N[C@@H]1CCC[C@H]1CO.N[C@H]1CCC[C@@H]1CO. The monoisotopic (exact) mass is 302 g/mol. The summed E-state index contributed by atoms with van der Waals surface area (Å²) in [5.74, 6) is 0.796. The van der Waals surface area contributed by atoms with Gasteiger partial charge in [0.1, 0.15) is 0 Å². The van der Waals surface area contributed by atoms with E-state index in [2.05, 4.69) is 0 Å². The number of aliphatic hydroxyl groups excluding tert-OH is 2. The van der Waals surface area contributed by atoms with Crippen molar-refractivity contribution >= 4 is 24.8 Å². The van der Waals surface area contributed by atoms with E-state index in [9.17, 15) is 0 Å². The minimum atomic E-state index is 0. The fraction of sp³-hybridized carbons (Fsp3) is 1.00. The summed E-state index contributed by atoms with van der Waals surface area (Å²) in [6.45, 7) is 0.558. The molecule has 2 rings (SSSR count). The van der Waals surface area contributed by atoms with Gasteiger partial charge in [-0.05, 0) is 37.5 Å². The lowest BCUT2D eigenvalue weighted by molar-refractivity contribution is 0.218. The van der Waals surface area contributed by atoms with Crippen molar-refractivity contribution < 1.29 is 10.2 Å². The molecule has 112 valence electrons. The Labute approximate surface area is 122 Å². The van der Waals surface area contributed by atoms with Crippen LogP contribution in [-0.2, 0) is 0 Å². The van der Waals surface area contributed by atoms with Gasteiger partial charge in [0.25, 0.3) is 0 Å². The normalized spacial score (nSPS) is 34.0. The van der Waals surface area contributed by atoms with Gasteiger partial charge in [0.2, 0.25) is 0 Å². The molecule has 0 aromatic carbocycles. The maximum atomic E-state index is 8.66. The molecule has 18 heavy (non-hydrogen) atoms. The van der Waals surface area contributed by atoms with Crippen LogP contribution in [0.2, 0.25) is 0 Å². The first kappa shape index (κ1) is 20.7. The molecule has 0 unspecified atom stereocenters. The second kappa shape index (κ2) is 11.3. The van der Waals surface area contributed by atoms with Crippen LogP contribution in [0.25, 0.3) is 0 Å². The summed E-state index contributed by atoms with van der Waals surface area (Å²) in [5.41, 5.74) is 11.3. The van der Waals surface area contributed by atoms with E-state index in [0.717, 1.165) is 25.7 Å². The van der Waals surface area contributed by atoms with Crippen LogP contribution in [0.1, 0.15) is 38.5 Å². The summed E-state index contributed by atoms with van der Waals surface area (Å²) in [6, 6.07) is 0.556. The predicted octanol–water partition coefficient (Wildman–Crippen LogP) is 1.06. The van der Waals surface area contributed by atoms with E-state index in [1.54, 1.807) is 0 Å². The zero-order valence-corrected chi connectivity index (χ0v) is 12.5. The quantitative estimate of drug-likeness (QED) is 0.613. The average Bonchev–Trinajstić information content (AvgIpc) is 2.87. The molecule has 4 nitrogen and oxygen atoms in total. The van der Waals surface area contributed by atoms with Gasteiger partial charge in [0.15, 0.2) is 0 Å². The van der Waals surface area contributed by atoms with Gasteiger partial charge in [-0.15, -0.1) is 24.8 Å². The van der Waals surface area contributed by atoms with Gasteiger partial charge in [-0.25, -0.2) is 0 Å². The van der Waals surface area contributed by atoms with Crippen molar-refractivity contribution in [3.05, 3.63) is 0 Å². The lowest BCUT2D eigenvalue weighted by Gasteiger charge is -2.09. The van der Waals surface area contributed by atoms with Gasteiger partial charge in [0, 0.05) is 25.3 Å². The molecule has 6 N–H and O–H groups in total. The lowest BCUT2D eigenvalue weighted by atomic mass is 10.1. The predicted molar refractivity (Wildman–Crippen MR) is 79.3 cm³/mol. The van der Waals surface area contributed by atoms with E-state index in [1.807, 2.05) is 0 Å². The molecule has 2 fully saturated rings. The Kier molecular flexibility index (Phi) is 13.0. The van der Waals surface area contributed by atoms with Crippen LogP contribution in [0.15, 0.2) is 0 Å². The first-order chi connectivity index (χ1) is 7.69. The minimum absolute atomic E-state index is 0. The van der Waals surface area contributed by atoms with Gasteiger partial charge < -0.3 is 21.7 Å². The Hall–Kier alpha value is 0.420. The highest BCUT2D eigenvalue weighted by Gasteiger charge is 2.22. The van der Waals surface area contributed by atoms with Crippen LogP contribution in [0.3, 0.4) is 0 Å². The smallest absolute Gasteiger partial charge is 0.0474 e. The molecule has 0 saturated heterocycles. The standard InChI is InChI=1S/2C6H13NO.2ClH/c2*7-6-3-1-2-5(6)4-8;;/h2*5-6,8H,1-4,7H2;2*1H/t2*5-,6+;;/m10../s1. The van der Waals surface area contributed by atoms with Crippen molar-refractivity contribution in [2.45, 2.75) is 50.6 Å². The third-order valence-electron chi connectivity index (χ3n) is 3.90. The summed E-state index contributed by atoms with van der Waals surface area (Å²) < 4.78 is 0. The Balaban J connectivity index is 0. The second-order valence-corrected chi connectivity index (χ2v) is 5.07. The number of nitrogens with two attached hydrogens (primary N) is 2. The van der Waals surface area contributed by atoms with Gasteiger partial charge in [-0.2, -0.15) is 0 Å². The number of hydrogen-bond acceptors (Lipinski definition) is 4. The van der Waals surface area contributed by atoms with Gasteiger partial charge in [-0.1, -0.05) is 12.8 Å². The van der Waals surface area contributed by atoms with Crippen LogP contribution in [0.5, 0.6) is 0 Å². The van der Waals surface area contributed by atoms with E-state index >= 15 is 0 Å². The Bertz CT molecular complexity index is 179. The molecule has 0 heterocycles. The summed E-state index contributed by atoms with van der Waals surface area (Å²) in [4.78, 5) is 0. The number of halogens is 2. The van der Waals surface area contributed by atoms with Crippen LogP contribution < -0.4 is 11.5 Å². The van der Waals surface area contributed by atoms with Crippen molar-refractivity contribution in [1.82, 2.24) is 0 Å². The number of hydrogen-bond donors (Lipinski definition) is 4. The van der Waals surface area contributed by atoms with Crippen molar-refractivity contribution in [2.24, 2.45) is 23.3 Å². The van der Waals surface area contributed by atoms with E-state index in [1.165, 1.54) is 12.8 Å². The van der Waals surface area contributed by atoms with Crippen molar-refractivity contribution in [3.8, 4) is 0 Å². The molecule has 0 spiro atoms. The first-order valence-corrected chi connectivity index (χ1v) is 6.42. The zero-order valence-electron chi connectivity index (χ0n) is 10.8. The van der Waals surface area contributed by atoms with Crippen LogP contribution in [-0.4, -0.2) is 35.5 Å². The molecule has 2 saturated carbocycles. The van der Waals surface area contributed by atoms with Crippen LogP contribution in [0, 0.1) is 11.8 Å². The Morgan fingerprint density at radius 1 is 0.722 bits per heavy atom. The van der Waals surface area contributed by atoms with E-state index in [-0.39, 0.29) is 50.1 Å². The van der Waals surface area contributed by atoms with Gasteiger partial charge >= 0.3 is 0 Å². The van der Waals surface area contributed by atoms with Crippen LogP contribution in [0.4, 0.5) is 0 Å². The number of rotatable bonds is 2.